The third-order valence-electron chi connectivity index (χ3n) is 7.68. The quantitative estimate of drug-likeness (QED) is 0.406. The second-order valence-electron chi connectivity index (χ2n) is 9.81. The number of halogens is 1. The van der Waals surface area contributed by atoms with E-state index in [2.05, 4.69) is 0 Å². The molecule has 1 aromatic heterocycles. The Bertz CT molecular complexity index is 1710. The van der Waals surface area contributed by atoms with Crippen molar-refractivity contribution in [2.24, 2.45) is 0 Å². The second kappa shape index (κ2) is 8.82. The van der Waals surface area contributed by atoms with Crippen molar-refractivity contribution in [1.29, 1.82) is 0 Å². The molecule has 38 heavy (non-hydrogen) atoms. The lowest BCUT2D eigenvalue weighted by atomic mass is 9.83. The first-order chi connectivity index (χ1) is 18.3. The Morgan fingerprint density at radius 2 is 1.68 bits per heavy atom. The van der Waals surface area contributed by atoms with E-state index in [1.54, 1.807) is 35.2 Å². The van der Waals surface area contributed by atoms with Crippen LogP contribution in [0.2, 0.25) is 5.02 Å². The first-order valence-corrected chi connectivity index (χ1v) is 12.8. The number of carbonyl (C=O) groups is 2. The van der Waals surface area contributed by atoms with E-state index in [1.165, 1.54) is 4.90 Å². The van der Waals surface area contributed by atoms with Crippen LogP contribution < -0.4 is 10.3 Å². The maximum Gasteiger partial charge on any atom is 0.291 e. The number of aliphatic hydroxyl groups excluding tert-OH is 1. The van der Waals surface area contributed by atoms with Crippen LogP contribution in [0.3, 0.4) is 0 Å². The molecule has 0 saturated heterocycles. The minimum Gasteiger partial charge on any atom is -0.450 e. The second-order valence-corrected chi connectivity index (χ2v) is 10.2. The van der Waals surface area contributed by atoms with Crippen LogP contribution in [-0.2, 0) is 16.9 Å². The highest BCUT2D eigenvalue weighted by atomic mass is 35.5. The number of nitrogens with zero attached hydrogens (tertiary/aromatic N) is 2. The van der Waals surface area contributed by atoms with E-state index >= 15 is 0 Å². The van der Waals surface area contributed by atoms with Crippen LogP contribution in [0, 0.1) is 13.8 Å². The van der Waals surface area contributed by atoms with Crippen molar-refractivity contribution in [3.63, 3.8) is 0 Å². The molecule has 0 saturated carbocycles. The van der Waals surface area contributed by atoms with Gasteiger partial charge in [0.1, 0.15) is 5.58 Å². The number of hydrogen-bond donors (Lipinski definition) is 1. The van der Waals surface area contributed by atoms with Crippen LogP contribution in [0.1, 0.15) is 44.8 Å². The molecule has 1 unspecified atom stereocenters. The third-order valence-corrected chi connectivity index (χ3v) is 8.05. The summed E-state index contributed by atoms with van der Waals surface area (Å²) in [5.41, 5.74) is 1.87. The van der Waals surface area contributed by atoms with E-state index in [0.717, 1.165) is 16.7 Å². The highest BCUT2D eigenvalue weighted by molar-refractivity contribution is 6.31. The summed E-state index contributed by atoms with van der Waals surface area (Å²) in [6, 6.07) is 17.9. The van der Waals surface area contributed by atoms with Crippen molar-refractivity contribution in [2.45, 2.75) is 32.4 Å². The highest BCUT2D eigenvalue weighted by Gasteiger charge is 2.64. The predicted molar refractivity (Wildman–Crippen MR) is 145 cm³/mol. The van der Waals surface area contributed by atoms with Crippen molar-refractivity contribution in [3.05, 3.63) is 109 Å². The molecular formula is C30H25ClN2O5. The molecule has 1 spiro atoms. The Morgan fingerprint density at radius 3 is 2.45 bits per heavy atom. The molecule has 3 heterocycles. The van der Waals surface area contributed by atoms with Crippen molar-refractivity contribution in [3.8, 4) is 0 Å². The number of benzene rings is 3. The number of hydrogen-bond acceptors (Lipinski definition) is 5. The fourth-order valence-electron chi connectivity index (χ4n) is 5.73. The molecule has 1 atom stereocenters. The Labute approximate surface area is 223 Å². The summed E-state index contributed by atoms with van der Waals surface area (Å²) >= 11 is 6.45. The van der Waals surface area contributed by atoms with Crippen molar-refractivity contribution in [2.75, 3.05) is 18.1 Å². The lowest BCUT2D eigenvalue weighted by Crippen LogP contribution is -2.53. The molecule has 3 aromatic carbocycles. The van der Waals surface area contributed by atoms with Crippen LogP contribution >= 0.6 is 11.6 Å². The maximum atomic E-state index is 14.6. The van der Waals surface area contributed by atoms with Crippen LogP contribution in [0.25, 0.3) is 11.0 Å². The predicted octanol–water partition coefficient (Wildman–Crippen LogP) is 4.69. The molecule has 2 aliphatic rings. The van der Waals surface area contributed by atoms with E-state index in [4.69, 9.17) is 16.0 Å². The van der Waals surface area contributed by atoms with Gasteiger partial charge in [0.15, 0.2) is 11.0 Å². The first-order valence-electron chi connectivity index (χ1n) is 12.5. The summed E-state index contributed by atoms with van der Waals surface area (Å²) < 4.78 is 6.12. The zero-order valence-electron chi connectivity index (χ0n) is 21.0. The zero-order chi connectivity index (χ0) is 26.8. The number of anilines is 1. The monoisotopic (exact) mass is 528 g/mol. The Morgan fingerprint density at radius 1 is 0.974 bits per heavy atom. The molecule has 1 N–H and O–H groups in total. The molecule has 0 aliphatic carbocycles. The zero-order valence-corrected chi connectivity index (χ0v) is 21.7. The van der Waals surface area contributed by atoms with Crippen LogP contribution in [0.15, 0.2) is 69.9 Å². The van der Waals surface area contributed by atoms with Gasteiger partial charge in [0.05, 0.1) is 23.2 Å². The normalized spacial score (nSPS) is 18.1. The molecule has 0 fully saturated rings. The summed E-state index contributed by atoms with van der Waals surface area (Å²) in [6.45, 7) is 3.84. The van der Waals surface area contributed by atoms with E-state index < -0.39 is 22.8 Å². The first kappa shape index (κ1) is 24.4. The van der Waals surface area contributed by atoms with Gasteiger partial charge in [-0.05, 0) is 61.2 Å². The standard InChI is InChI=1S/C30H25ClN2O5/c1-17-14-20-24(15-18(17)2)38-27-25(26(20)35)30(33(28(27)36)12-7-13-34)21-9-4-6-11-23(21)32(29(30)37)16-19-8-3-5-10-22(19)31/h3-6,8-11,14-15,34H,7,12-13,16H2,1-2H3. The minimum absolute atomic E-state index is 0.0234. The lowest BCUT2D eigenvalue weighted by Gasteiger charge is -2.34. The topological polar surface area (TPSA) is 91.1 Å². The van der Waals surface area contributed by atoms with E-state index in [0.29, 0.717) is 27.2 Å². The van der Waals surface area contributed by atoms with Crippen LogP contribution in [0.5, 0.6) is 0 Å². The molecule has 0 bridgehead atoms. The number of aliphatic hydroxyl groups is 1. The molecular weight excluding hydrogens is 504 g/mol. The van der Waals surface area contributed by atoms with Gasteiger partial charge in [0, 0.05) is 23.7 Å². The van der Waals surface area contributed by atoms with Crippen molar-refractivity contribution in [1.82, 2.24) is 4.90 Å². The molecule has 4 aromatic rings. The van der Waals surface area contributed by atoms with Crippen molar-refractivity contribution < 1.29 is 19.1 Å². The van der Waals surface area contributed by atoms with Gasteiger partial charge in [-0.15, -0.1) is 0 Å². The number of aryl methyl sites for hydroxylation is 2. The van der Waals surface area contributed by atoms with Gasteiger partial charge in [0.2, 0.25) is 5.76 Å². The summed E-state index contributed by atoms with van der Waals surface area (Å²) in [6.07, 6.45) is 0.230. The van der Waals surface area contributed by atoms with E-state index in [9.17, 15) is 19.5 Å². The van der Waals surface area contributed by atoms with Gasteiger partial charge in [-0.3, -0.25) is 14.4 Å². The molecule has 2 amide bonds. The minimum atomic E-state index is -1.72. The third kappa shape index (κ3) is 3.22. The summed E-state index contributed by atoms with van der Waals surface area (Å²) in [4.78, 5) is 45.7. The fourth-order valence-corrected chi connectivity index (χ4v) is 5.92. The summed E-state index contributed by atoms with van der Waals surface area (Å²) in [5, 5.41) is 10.5. The smallest absolute Gasteiger partial charge is 0.291 e. The van der Waals surface area contributed by atoms with Crippen molar-refractivity contribution >= 4 is 40.1 Å². The summed E-state index contributed by atoms with van der Waals surface area (Å²) in [7, 11) is 0. The number of rotatable bonds is 5. The van der Waals surface area contributed by atoms with E-state index in [-0.39, 0.29) is 37.4 Å². The summed E-state index contributed by atoms with van der Waals surface area (Å²) in [5.74, 6) is -1.11. The Balaban J connectivity index is 1.66. The number of para-hydroxylation sites is 1. The molecule has 6 rings (SSSR count). The largest absolute Gasteiger partial charge is 0.450 e. The van der Waals surface area contributed by atoms with Gasteiger partial charge >= 0.3 is 0 Å². The highest BCUT2D eigenvalue weighted by Crippen LogP contribution is 2.53. The molecule has 7 nitrogen and oxygen atoms in total. The number of carbonyl (C=O) groups excluding carboxylic acids is 2. The van der Waals surface area contributed by atoms with Gasteiger partial charge < -0.3 is 19.3 Å². The van der Waals surface area contributed by atoms with Crippen LogP contribution in [0.4, 0.5) is 5.69 Å². The van der Waals surface area contributed by atoms with Gasteiger partial charge in [-0.25, -0.2) is 0 Å². The van der Waals surface area contributed by atoms with E-state index in [1.807, 2.05) is 44.2 Å². The Hall–Kier alpha value is -3.94. The SMILES string of the molecule is Cc1cc2oc3c(c(=O)c2cc1C)C1(C(=O)N(Cc2ccccc2Cl)c2ccccc21)N(CCCO)C3=O. The van der Waals surface area contributed by atoms with Crippen LogP contribution in [-0.4, -0.2) is 35.0 Å². The molecule has 0 radical (unpaired) electrons. The molecule has 2 aliphatic heterocycles. The number of fused-ring (bicyclic) bond motifs is 5. The van der Waals surface area contributed by atoms with Gasteiger partial charge in [-0.2, -0.15) is 0 Å². The maximum absolute atomic E-state index is 14.6. The Kier molecular flexibility index (Phi) is 5.67. The van der Waals surface area contributed by atoms with Gasteiger partial charge in [0.25, 0.3) is 11.8 Å². The average Bonchev–Trinajstić information content (AvgIpc) is 3.30. The molecule has 192 valence electrons. The molecule has 8 heteroatoms. The fraction of sp³-hybridized carbons (Fsp3) is 0.233. The lowest BCUT2D eigenvalue weighted by molar-refractivity contribution is -0.126. The number of amides is 2. The van der Waals surface area contributed by atoms with Gasteiger partial charge in [-0.1, -0.05) is 48.0 Å². The average molecular weight is 529 g/mol.